The smallest absolute Gasteiger partial charge is 0.246 e. The molecule has 20 heavy (non-hydrogen) atoms. The topological polar surface area (TPSA) is 50.3 Å². The Kier molecular flexibility index (Phi) is 4.42. The van der Waals surface area contributed by atoms with E-state index in [1.54, 1.807) is 0 Å². The van der Waals surface area contributed by atoms with Gasteiger partial charge in [-0.2, -0.15) is 4.31 Å². The number of aryl methyl sites for hydroxylation is 1. The van der Waals surface area contributed by atoms with Crippen molar-refractivity contribution in [2.75, 3.05) is 7.05 Å². The predicted octanol–water partition coefficient (Wildman–Crippen LogP) is 2.86. The van der Waals surface area contributed by atoms with Crippen molar-refractivity contribution in [2.45, 2.75) is 18.4 Å². The summed E-state index contributed by atoms with van der Waals surface area (Å²) in [6.45, 7) is 2.26. The molecule has 6 heteroatoms. The van der Waals surface area contributed by atoms with E-state index < -0.39 is 10.0 Å². The zero-order valence-corrected chi connectivity index (χ0v) is 12.8. The third kappa shape index (κ3) is 3.17. The van der Waals surface area contributed by atoms with Crippen LogP contribution >= 0.6 is 11.6 Å². The SMILES string of the molecule is Cc1cccc(CN(C)S(=O)(=O)c2cnccc2Cl)c1. The molecule has 0 N–H and O–H groups in total. The molecule has 0 aliphatic carbocycles. The molecule has 0 aliphatic rings. The van der Waals surface area contributed by atoms with Gasteiger partial charge in [0.1, 0.15) is 4.90 Å². The van der Waals surface area contributed by atoms with Crippen LogP contribution in [0.15, 0.2) is 47.6 Å². The van der Waals surface area contributed by atoms with Gasteiger partial charge in [0.05, 0.1) is 5.02 Å². The third-order valence-corrected chi connectivity index (χ3v) is 5.18. The molecular weight excluding hydrogens is 296 g/mol. The highest BCUT2D eigenvalue weighted by Crippen LogP contribution is 2.23. The van der Waals surface area contributed by atoms with Gasteiger partial charge in [-0.1, -0.05) is 41.4 Å². The van der Waals surface area contributed by atoms with E-state index in [2.05, 4.69) is 4.98 Å². The molecule has 0 saturated carbocycles. The lowest BCUT2D eigenvalue weighted by atomic mass is 10.1. The van der Waals surface area contributed by atoms with Gasteiger partial charge in [-0.05, 0) is 18.6 Å². The second kappa shape index (κ2) is 5.91. The molecule has 0 fully saturated rings. The lowest BCUT2D eigenvalue weighted by Gasteiger charge is -2.18. The van der Waals surface area contributed by atoms with Gasteiger partial charge in [-0.3, -0.25) is 4.98 Å². The molecule has 0 aliphatic heterocycles. The van der Waals surface area contributed by atoms with Crippen molar-refractivity contribution in [2.24, 2.45) is 0 Å². The van der Waals surface area contributed by atoms with Crippen LogP contribution in [0.2, 0.25) is 5.02 Å². The molecule has 0 bridgehead atoms. The number of sulfonamides is 1. The maximum atomic E-state index is 12.4. The summed E-state index contributed by atoms with van der Waals surface area (Å²) in [6, 6.07) is 9.19. The molecule has 0 amide bonds. The maximum absolute atomic E-state index is 12.4. The first-order valence-corrected chi connectivity index (χ1v) is 7.84. The van der Waals surface area contributed by atoms with Crippen molar-refractivity contribution in [3.8, 4) is 0 Å². The van der Waals surface area contributed by atoms with E-state index in [1.165, 1.54) is 29.8 Å². The zero-order chi connectivity index (χ0) is 14.8. The Labute approximate surface area is 124 Å². The van der Waals surface area contributed by atoms with Crippen molar-refractivity contribution < 1.29 is 8.42 Å². The third-order valence-electron chi connectivity index (χ3n) is 2.91. The number of nitrogens with zero attached hydrogens (tertiary/aromatic N) is 2. The fourth-order valence-electron chi connectivity index (χ4n) is 1.87. The van der Waals surface area contributed by atoms with E-state index in [9.17, 15) is 8.42 Å². The first-order chi connectivity index (χ1) is 9.41. The second-order valence-electron chi connectivity index (χ2n) is 4.56. The van der Waals surface area contributed by atoms with Crippen LogP contribution in [0, 0.1) is 6.92 Å². The average Bonchev–Trinajstić information content (AvgIpc) is 2.39. The van der Waals surface area contributed by atoms with Crippen LogP contribution < -0.4 is 0 Å². The number of halogens is 1. The normalized spacial score (nSPS) is 11.8. The maximum Gasteiger partial charge on any atom is 0.246 e. The molecule has 0 atom stereocenters. The highest BCUT2D eigenvalue weighted by atomic mass is 35.5. The van der Waals surface area contributed by atoms with E-state index in [1.807, 2.05) is 31.2 Å². The quantitative estimate of drug-likeness (QED) is 0.872. The molecular formula is C14H15ClN2O2S. The van der Waals surface area contributed by atoms with Crippen molar-refractivity contribution in [1.82, 2.24) is 9.29 Å². The van der Waals surface area contributed by atoms with Crippen molar-refractivity contribution in [1.29, 1.82) is 0 Å². The Hall–Kier alpha value is -1.43. The van der Waals surface area contributed by atoms with E-state index in [0.29, 0.717) is 0 Å². The highest BCUT2D eigenvalue weighted by molar-refractivity contribution is 7.89. The lowest BCUT2D eigenvalue weighted by molar-refractivity contribution is 0.466. The lowest BCUT2D eigenvalue weighted by Crippen LogP contribution is -2.26. The van der Waals surface area contributed by atoms with Gasteiger partial charge >= 0.3 is 0 Å². The van der Waals surface area contributed by atoms with E-state index in [4.69, 9.17) is 11.6 Å². The van der Waals surface area contributed by atoms with Gasteiger partial charge in [-0.25, -0.2) is 8.42 Å². The van der Waals surface area contributed by atoms with Gasteiger partial charge in [0.25, 0.3) is 0 Å². The summed E-state index contributed by atoms with van der Waals surface area (Å²) in [5.41, 5.74) is 2.02. The van der Waals surface area contributed by atoms with Crippen LogP contribution in [0.4, 0.5) is 0 Å². The number of hydrogen-bond donors (Lipinski definition) is 0. The Morgan fingerprint density at radius 2 is 2.05 bits per heavy atom. The second-order valence-corrected chi connectivity index (χ2v) is 6.98. The van der Waals surface area contributed by atoms with Gasteiger partial charge in [0.2, 0.25) is 10.0 Å². The summed E-state index contributed by atoms with van der Waals surface area (Å²) >= 11 is 5.94. The Balaban J connectivity index is 2.29. The van der Waals surface area contributed by atoms with Gasteiger partial charge in [-0.15, -0.1) is 0 Å². The van der Waals surface area contributed by atoms with E-state index in [-0.39, 0.29) is 16.5 Å². The number of aromatic nitrogens is 1. The minimum Gasteiger partial charge on any atom is -0.263 e. The summed E-state index contributed by atoms with van der Waals surface area (Å²) in [6.07, 6.45) is 2.73. The van der Waals surface area contributed by atoms with Crippen LogP contribution in [0.1, 0.15) is 11.1 Å². The minimum atomic E-state index is -3.64. The summed E-state index contributed by atoms with van der Waals surface area (Å²) < 4.78 is 26.2. The molecule has 2 rings (SSSR count). The molecule has 0 spiro atoms. The number of pyridine rings is 1. The molecule has 1 heterocycles. The zero-order valence-electron chi connectivity index (χ0n) is 11.2. The van der Waals surface area contributed by atoms with Gasteiger partial charge < -0.3 is 0 Å². The van der Waals surface area contributed by atoms with Crippen molar-refractivity contribution >= 4 is 21.6 Å². The molecule has 106 valence electrons. The Morgan fingerprint density at radius 3 is 2.70 bits per heavy atom. The van der Waals surface area contributed by atoms with E-state index >= 15 is 0 Å². The fraction of sp³-hybridized carbons (Fsp3) is 0.214. The summed E-state index contributed by atoms with van der Waals surface area (Å²) in [7, 11) is -2.11. The first kappa shape index (κ1) is 15.0. The predicted molar refractivity (Wildman–Crippen MR) is 79.1 cm³/mol. The summed E-state index contributed by atoms with van der Waals surface area (Å²) in [4.78, 5) is 3.85. The van der Waals surface area contributed by atoms with Gasteiger partial charge in [0.15, 0.2) is 0 Å². The van der Waals surface area contributed by atoms with Crippen LogP contribution in [-0.2, 0) is 16.6 Å². The highest BCUT2D eigenvalue weighted by Gasteiger charge is 2.23. The van der Waals surface area contributed by atoms with Crippen LogP contribution in [0.5, 0.6) is 0 Å². The van der Waals surface area contributed by atoms with E-state index in [0.717, 1.165) is 11.1 Å². The number of hydrogen-bond acceptors (Lipinski definition) is 3. The molecule has 1 aromatic carbocycles. The van der Waals surface area contributed by atoms with Crippen LogP contribution in [-0.4, -0.2) is 24.8 Å². The molecule has 2 aromatic rings. The average molecular weight is 311 g/mol. The van der Waals surface area contributed by atoms with Crippen molar-refractivity contribution in [3.63, 3.8) is 0 Å². The molecule has 0 unspecified atom stereocenters. The van der Waals surface area contributed by atoms with Crippen molar-refractivity contribution in [3.05, 3.63) is 58.9 Å². The Bertz CT molecular complexity index is 717. The summed E-state index contributed by atoms with van der Waals surface area (Å²) in [5.74, 6) is 0. The minimum absolute atomic E-state index is 0.0248. The number of benzene rings is 1. The molecule has 1 aromatic heterocycles. The number of rotatable bonds is 4. The molecule has 4 nitrogen and oxygen atoms in total. The molecule has 0 saturated heterocycles. The monoisotopic (exact) mass is 310 g/mol. The first-order valence-electron chi connectivity index (χ1n) is 6.02. The van der Waals surface area contributed by atoms with Crippen LogP contribution in [0.3, 0.4) is 0 Å². The molecule has 0 radical (unpaired) electrons. The fourth-order valence-corrected chi connectivity index (χ4v) is 3.43. The Morgan fingerprint density at radius 1 is 1.30 bits per heavy atom. The largest absolute Gasteiger partial charge is 0.263 e. The summed E-state index contributed by atoms with van der Waals surface area (Å²) in [5, 5.41) is 0.177. The standard InChI is InChI=1S/C14H15ClN2O2S/c1-11-4-3-5-12(8-11)10-17(2)20(18,19)14-9-16-7-6-13(14)15/h3-9H,10H2,1-2H3. The van der Waals surface area contributed by atoms with Crippen LogP contribution in [0.25, 0.3) is 0 Å². The van der Waals surface area contributed by atoms with Gasteiger partial charge in [0, 0.05) is 26.0 Å².